The van der Waals surface area contributed by atoms with Crippen LogP contribution in [-0.2, 0) is 6.42 Å². The Hall–Kier alpha value is -1.09. The maximum atomic E-state index is 13.8. The minimum absolute atomic E-state index is 0.169. The molecule has 0 aliphatic heterocycles. The third-order valence-corrected chi connectivity index (χ3v) is 3.45. The number of rotatable bonds is 8. The Morgan fingerprint density at radius 3 is 2.58 bits per heavy atom. The fourth-order valence-corrected chi connectivity index (χ4v) is 2.17. The normalized spacial score (nSPS) is 12.7. The van der Waals surface area contributed by atoms with Gasteiger partial charge in [-0.1, -0.05) is 26.8 Å². The van der Waals surface area contributed by atoms with Crippen molar-refractivity contribution in [2.45, 2.75) is 46.1 Å². The summed E-state index contributed by atoms with van der Waals surface area (Å²) in [6.07, 6.45) is 2.84. The summed E-state index contributed by atoms with van der Waals surface area (Å²) in [5.74, 6) is 0.968. The summed E-state index contributed by atoms with van der Waals surface area (Å²) in [6, 6.07) is 5.55. The van der Waals surface area contributed by atoms with Gasteiger partial charge in [-0.05, 0) is 43.4 Å². The second-order valence-electron chi connectivity index (χ2n) is 5.30. The highest BCUT2D eigenvalue weighted by Crippen LogP contribution is 2.19. The van der Waals surface area contributed by atoms with Gasteiger partial charge in [-0.25, -0.2) is 4.39 Å². The van der Waals surface area contributed by atoms with Crippen LogP contribution in [0.2, 0.25) is 0 Å². The molecule has 0 aliphatic carbocycles. The summed E-state index contributed by atoms with van der Waals surface area (Å²) in [5.41, 5.74) is 0.768. The molecule has 108 valence electrons. The van der Waals surface area contributed by atoms with Crippen molar-refractivity contribution in [2.24, 2.45) is 5.92 Å². The zero-order valence-electron chi connectivity index (χ0n) is 12.5. The van der Waals surface area contributed by atoms with E-state index in [9.17, 15) is 4.39 Å². The molecule has 1 N–H and O–H groups in total. The lowest BCUT2D eigenvalue weighted by molar-refractivity contribution is 0.376. The molecular weight excluding hydrogens is 241 g/mol. The second kappa shape index (κ2) is 8.16. The molecule has 0 bridgehead atoms. The van der Waals surface area contributed by atoms with Crippen LogP contribution in [-0.4, -0.2) is 19.7 Å². The standard InChI is InChI=1S/C16H26FNO/c1-5-10-18-16(12(2)3)9-7-13-6-8-14(19-4)11-15(13)17/h6,8,11-12,16,18H,5,7,9-10H2,1-4H3. The zero-order valence-corrected chi connectivity index (χ0v) is 12.5. The van der Waals surface area contributed by atoms with E-state index in [4.69, 9.17) is 4.74 Å². The summed E-state index contributed by atoms with van der Waals surface area (Å²) in [4.78, 5) is 0. The Kier molecular flexibility index (Phi) is 6.85. The second-order valence-corrected chi connectivity index (χ2v) is 5.30. The van der Waals surface area contributed by atoms with Gasteiger partial charge in [0.05, 0.1) is 7.11 Å². The van der Waals surface area contributed by atoms with E-state index in [-0.39, 0.29) is 5.82 Å². The average molecular weight is 267 g/mol. The molecule has 1 unspecified atom stereocenters. The Morgan fingerprint density at radius 1 is 1.32 bits per heavy atom. The topological polar surface area (TPSA) is 21.3 Å². The van der Waals surface area contributed by atoms with Crippen molar-refractivity contribution < 1.29 is 9.13 Å². The molecule has 0 aliphatic rings. The number of halogens is 1. The molecule has 1 atom stereocenters. The van der Waals surface area contributed by atoms with Crippen LogP contribution in [0, 0.1) is 11.7 Å². The molecule has 0 saturated heterocycles. The number of aryl methyl sites for hydroxylation is 1. The number of benzene rings is 1. The van der Waals surface area contributed by atoms with Crippen molar-refractivity contribution in [1.29, 1.82) is 0 Å². The van der Waals surface area contributed by atoms with Crippen molar-refractivity contribution in [3.8, 4) is 5.75 Å². The van der Waals surface area contributed by atoms with Crippen molar-refractivity contribution in [3.63, 3.8) is 0 Å². The van der Waals surface area contributed by atoms with Gasteiger partial charge in [0.15, 0.2) is 0 Å². The smallest absolute Gasteiger partial charge is 0.130 e. The van der Waals surface area contributed by atoms with Crippen LogP contribution >= 0.6 is 0 Å². The van der Waals surface area contributed by atoms with Gasteiger partial charge in [0.2, 0.25) is 0 Å². The molecule has 0 fully saturated rings. The number of nitrogens with one attached hydrogen (secondary N) is 1. The maximum Gasteiger partial charge on any atom is 0.130 e. The summed E-state index contributed by atoms with van der Waals surface area (Å²) >= 11 is 0. The van der Waals surface area contributed by atoms with E-state index >= 15 is 0 Å². The third-order valence-electron chi connectivity index (χ3n) is 3.45. The first-order valence-electron chi connectivity index (χ1n) is 7.14. The Balaban J connectivity index is 2.58. The lowest BCUT2D eigenvalue weighted by atomic mass is 9.96. The molecule has 3 heteroatoms. The molecule has 0 saturated carbocycles. The van der Waals surface area contributed by atoms with Crippen molar-refractivity contribution in [3.05, 3.63) is 29.6 Å². The summed E-state index contributed by atoms with van der Waals surface area (Å²) in [7, 11) is 1.55. The molecule has 1 aromatic carbocycles. The van der Waals surface area contributed by atoms with Crippen LogP contribution in [0.3, 0.4) is 0 Å². The molecule has 0 radical (unpaired) electrons. The van der Waals surface area contributed by atoms with Crippen molar-refractivity contribution in [2.75, 3.05) is 13.7 Å². The maximum absolute atomic E-state index is 13.8. The quantitative estimate of drug-likeness (QED) is 0.773. The number of hydrogen-bond donors (Lipinski definition) is 1. The van der Waals surface area contributed by atoms with E-state index < -0.39 is 0 Å². The first-order valence-corrected chi connectivity index (χ1v) is 7.14. The van der Waals surface area contributed by atoms with Gasteiger partial charge in [0.25, 0.3) is 0 Å². The third kappa shape index (κ3) is 5.19. The molecule has 19 heavy (non-hydrogen) atoms. The fourth-order valence-electron chi connectivity index (χ4n) is 2.17. The molecular formula is C16H26FNO. The van der Waals surface area contributed by atoms with Gasteiger partial charge >= 0.3 is 0 Å². The largest absolute Gasteiger partial charge is 0.497 e. The molecule has 0 aromatic heterocycles. The summed E-state index contributed by atoms with van der Waals surface area (Å²) in [5, 5.41) is 3.53. The molecule has 1 aromatic rings. The van der Waals surface area contributed by atoms with Crippen molar-refractivity contribution in [1.82, 2.24) is 5.32 Å². The van der Waals surface area contributed by atoms with Gasteiger partial charge in [0.1, 0.15) is 11.6 Å². The predicted octanol–water partition coefficient (Wildman–Crippen LogP) is 3.79. The van der Waals surface area contributed by atoms with E-state index in [2.05, 4.69) is 26.1 Å². The lowest BCUT2D eigenvalue weighted by Crippen LogP contribution is -2.34. The van der Waals surface area contributed by atoms with Crippen LogP contribution in [0.4, 0.5) is 4.39 Å². The van der Waals surface area contributed by atoms with Gasteiger partial charge in [-0.2, -0.15) is 0 Å². The number of methoxy groups -OCH3 is 1. The van der Waals surface area contributed by atoms with Gasteiger partial charge < -0.3 is 10.1 Å². The molecule has 0 spiro atoms. The van der Waals surface area contributed by atoms with E-state index in [1.165, 1.54) is 6.07 Å². The molecule has 0 heterocycles. The van der Waals surface area contributed by atoms with E-state index in [1.807, 2.05) is 12.1 Å². The minimum atomic E-state index is -0.169. The van der Waals surface area contributed by atoms with Gasteiger partial charge in [-0.15, -0.1) is 0 Å². The van der Waals surface area contributed by atoms with Gasteiger partial charge in [-0.3, -0.25) is 0 Å². The lowest BCUT2D eigenvalue weighted by Gasteiger charge is -2.22. The highest BCUT2D eigenvalue weighted by atomic mass is 19.1. The van der Waals surface area contributed by atoms with Crippen LogP contribution in [0.1, 0.15) is 39.2 Å². The summed E-state index contributed by atoms with van der Waals surface area (Å²) < 4.78 is 18.9. The Bertz CT molecular complexity index is 379. The minimum Gasteiger partial charge on any atom is -0.497 e. The number of ether oxygens (including phenoxy) is 1. The first-order chi connectivity index (χ1) is 9.08. The van der Waals surface area contributed by atoms with Crippen LogP contribution < -0.4 is 10.1 Å². The summed E-state index contributed by atoms with van der Waals surface area (Å²) in [6.45, 7) is 7.59. The van der Waals surface area contributed by atoms with Crippen LogP contribution in [0.25, 0.3) is 0 Å². The molecule has 2 nitrogen and oxygen atoms in total. The Morgan fingerprint density at radius 2 is 2.05 bits per heavy atom. The highest BCUT2D eigenvalue weighted by Gasteiger charge is 2.13. The fraction of sp³-hybridized carbons (Fsp3) is 0.625. The molecule has 1 rings (SSSR count). The highest BCUT2D eigenvalue weighted by molar-refractivity contribution is 5.29. The zero-order chi connectivity index (χ0) is 14.3. The van der Waals surface area contributed by atoms with Crippen molar-refractivity contribution >= 4 is 0 Å². The van der Waals surface area contributed by atoms with Crippen LogP contribution in [0.15, 0.2) is 18.2 Å². The van der Waals surface area contributed by atoms with E-state index in [1.54, 1.807) is 7.11 Å². The Labute approximate surface area is 116 Å². The van der Waals surface area contributed by atoms with Crippen LogP contribution in [0.5, 0.6) is 5.75 Å². The van der Waals surface area contributed by atoms with E-state index in [0.29, 0.717) is 17.7 Å². The molecule has 0 amide bonds. The predicted molar refractivity (Wildman–Crippen MR) is 78.2 cm³/mol. The van der Waals surface area contributed by atoms with Gasteiger partial charge in [0, 0.05) is 12.1 Å². The SMILES string of the molecule is CCCNC(CCc1ccc(OC)cc1F)C(C)C. The number of hydrogen-bond acceptors (Lipinski definition) is 2. The average Bonchev–Trinajstić information content (AvgIpc) is 2.39. The first kappa shape index (κ1) is 16.0. The monoisotopic (exact) mass is 267 g/mol. The van der Waals surface area contributed by atoms with E-state index in [0.717, 1.165) is 31.4 Å².